The highest BCUT2D eigenvalue weighted by Crippen LogP contribution is 2.25. The van der Waals surface area contributed by atoms with Crippen molar-refractivity contribution in [3.8, 4) is 0 Å². The van der Waals surface area contributed by atoms with Crippen molar-refractivity contribution < 1.29 is 0 Å². The summed E-state index contributed by atoms with van der Waals surface area (Å²) in [4.78, 5) is 0. The van der Waals surface area contributed by atoms with Crippen LogP contribution in [0.5, 0.6) is 0 Å². The average Bonchev–Trinajstić information content (AvgIpc) is 2.67. The molecule has 0 saturated heterocycles. The molecule has 0 heterocycles. The minimum absolute atomic E-state index is 0. The van der Waals surface area contributed by atoms with E-state index >= 15 is 0 Å². The van der Waals surface area contributed by atoms with Crippen molar-refractivity contribution in [3.63, 3.8) is 0 Å². The van der Waals surface area contributed by atoms with Crippen LogP contribution >= 0.6 is 17.0 Å². The van der Waals surface area contributed by atoms with Crippen LogP contribution in [0.2, 0.25) is 0 Å². The first kappa shape index (κ1) is 28.7. The number of halogens is 1. The summed E-state index contributed by atoms with van der Waals surface area (Å²) in [7, 11) is 0. The van der Waals surface area contributed by atoms with Crippen molar-refractivity contribution in [2.75, 3.05) is 0 Å². The second kappa shape index (κ2) is 18.4. The van der Waals surface area contributed by atoms with Gasteiger partial charge in [0.15, 0.2) is 0 Å². The fourth-order valence-electron chi connectivity index (χ4n) is 4.22. The highest BCUT2D eigenvalue weighted by atomic mass is 79.9. The van der Waals surface area contributed by atoms with Gasteiger partial charge < -0.3 is 5.73 Å². The fourth-order valence-corrected chi connectivity index (χ4v) is 4.22. The van der Waals surface area contributed by atoms with E-state index in [1.807, 2.05) is 0 Å². The van der Waals surface area contributed by atoms with Crippen molar-refractivity contribution in [2.24, 2.45) is 11.7 Å². The topological polar surface area (TPSA) is 26.0 Å². The molecule has 0 aliphatic rings. The van der Waals surface area contributed by atoms with Gasteiger partial charge in [-0.1, -0.05) is 127 Å². The number of hydrogen-bond acceptors (Lipinski definition) is 1. The fraction of sp³-hybridized carbons (Fsp3) is 0.778. The van der Waals surface area contributed by atoms with Gasteiger partial charge in [0.2, 0.25) is 0 Å². The molecule has 1 rings (SSSR count). The van der Waals surface area contributed by atoms with Crippen molar-refractivity contribution in [3.05, 3.63) is 35.9 Å². The maximum absolute atomic E-state index is 6.48. The van der Waals surface area contributed by atoms with Crippen LogP contribution in [-0.4, -0.2) is 5.54 Å². The quantitative estimate of drug-likeness (QED) is 0.214. The zero-order valence-electron chi connectivity index (χ0n) is 19.8. The summed E-state index contributed by atoms with van der Waals surface area (Å²) in [6.45, 7) is 6.69. The molecule has 0 fully saturated rings. The van der Waals surface area contributed by atoms with Gasteiger partial charge in [-0.15, -0.1) is 17.0 Å². The normalized spacial score (nSPS) is 12.6. The molecule has 1 aromatic rings. The Morgan fingerprint density at radius 3 is 1.52 bits per heavy atom. The largest absolute Gasteiger partial charge is 0.325 e. The van der Waals surface area contributed by atoms with Crippen LogP contribution in [0.4, 0.5) is 0 Å². The third-order valence-corrected chi connectivity index (χ3v) is 6.28. The molecule has 0 saturated carbocycles. The third kappa shape index (κ3) is 16.1. The van der Waals surface area contributed by atoms with E-state index in [2.05, 4.69) is 51.1 Å². The molecule has 0 aliphatic heterocycles. The first-order valence-electron chi connectivity index (χ1n) is 12.4. The predicted molar refractivity (Wildman–Crippen MR) is 137 cm³/mol. The molecule has 1 nitrogen and oxygen atoms in total. The summed E-state index contributed by atoms with van der Waals surface area (Å²) in [5, 5.41) is 0. The van der Waals surface area contributed by atoms with Gasteiger partial charge in [0.25, 0.3) is 0 Å². The van der Waals surface area contributed by atoms with Crippen LogP contribution in [0.3, 0.4) is 0 Å². The Kier molecular flexibility index (Phi) is 18.2. The lowest BCUT2D eigenvalue weighted by molar-refractivity contribution is 0.290. The Hall–Kier alpha value is -0.340. The molecular formula is C27H50BrN. The Labute approximate surface area is 193 Å². The van der Waals surface area contributed by atoms with Crippen LogP contribution in [-0.2, 0) is 6.42 Å². The summed E-state index contributed by atoms with van der Waals surface area (Å²) < 4.78 is 0. The Morgan fingerprint density at radius 1 is 0.690 bits per heavy atom. The molecular weight excluding hydrogens is 418 g/mol. The molecule has 1 atom stereocenters. The first-order valence-corrected chi connectivity index (χ1v) is 12.4. The predicted octanol–water partition coefficient (Wildman–Crippen LogP) is 9.03. The molecule has 2 heteroatoms. The van der Waals surface area contributed by atoms with Crippen molar-refractivity contribution in [1.29, 1.82) is 0 Å². The molecule has 29 heavy (non-hydrogen) atoms. The smallest absolute Gasteiger partial charge is 0.0129 e. The summed E-state index contributed by atoms with van der Waals surface area (Å²) in [5.41, 5.74) is 7.82. The van der Waals surface area contributed by atoms with E-state index in [1.54, 1.807) is 0 Å². The lowest BCUT2D eigenvalue weighted by atomic mass is 9.80. The Bertz CT molecular complexity index is 451. The molecule has 0 amide bonds. The first-order chi connectivity index (χ1) is 13.5. The van der Waals surface area contributed by atoms with E-state index in [0.717, 1.165) is 6.42 Å². The Morgan fingerprint density at radius 2 is 1.10 bits per heavy atom. The summed E-state index contributed by atoms with van der Waals surface area (Å²) in [5.74, 6) is 0.576. The number of nitrogens with two attached hydrogens (primary N) is 1. The summed E-state index contributed by atoms with van der Waals surface area (Å²) in [6.07, 6.45) is 22.3. The maximum Gasteiger partial charge on any atom is 0.0129 e. The van der Waals surface area contributed by atoms with Gasteiger partial charge in [0, 0.05) is 5.54 Å². The van der Waals surface area contributed by atoms with E-state index in [9.17, 15) is 0 Å². The maximum atomic E-state index is 6.48. The van der Waals surface area contributed by atoms with E-state index < -0.39 is 0 Å². The summed E-state index contributed by atoms with van der Waals surface area (Å²) in [6, 6.07) is 10.9. The zero-order valence-corrected chi connectivity index (χ0v) is 21.5. The van der Waals surface area contributed by atoms with Crippen molar-refractivity contribution in [2.45, 2.75) is 129 Å². The third-order valence-electron chi connectivity index (χ3n) is 6.28. The molecule has 1 aromatic carbocycles. The van der Waals surface area contributed by atoms with Gasteiger partial charge in [-0.2, -0.15) is 0 Å². The molecule has 0 bridgehead atoms. The lowest BCUT2D eigenvalue weighted by Crippen LogP contribution is -2.42. The zero-order chi connectivity index (χ0) is 20.5. The van der Waals surface area contributed by atoms with Crippen molar-refractivity contribution in [1.82, 2.24) is 0 Å². The van der Waals surface area contributed by atoms with Gasteiger partial charge in [-0.05, 0) is 38.2 Å². The van der Waals surface area contributed by atoms with Crippen LogP contribution in [0.25, 0.3) is 0 Å². The SMILES string of the molecule is Br.CCCCCCCCCCCCCCCCC(Cc1ccccc1)C(C)(C)N. The molecule has 0 spiro atoms. The molecule has 0 radical (unpaired) electrons. The van der Waals surface area contributed by atoms with Gasteiger partial charge in [-0.3, -0.25) is 0 Å². The molecule has 170 valence electrons. The van der Waals surface area contributed by atoms with Crippen LogP contribution in [0.15, 0.2) is 30.3 Å². The second-order valence-corrected chi connectivity index (χ2v) is 9.59. The van der Waals surface area contributed by atoms with Gasteiger partial charge in [-0.25, -0.2) is 0 Å². The molecule has 1 unspecified atom stereocenters. The van der Waals surface area contributed by atoms with E-state index in [-0.39, 0.29) is 22.5 Å². The van der Waals surface area contributed by atoms with Gasteiger partial charge in [0.05, 0.1) is 0 Å². The van der Waals surface area contributed by atoms with Gasteiger partial charge >= 0.3 is 0 Å². The average molecular weight is 469 g/mol. The minimum Gasteiger partial charge on any atom is -0.325 e. The standard InChI is InChI=1S/C27H49N.BrH/c1-4-5-6-7-8-9-10-11-12-13-14-15-16-20-23-26(27(2,3)28)24-25-21-18-17-19-22-25;/h17-19,21-22,26H,4-16,20,23-24,28H2,1-3H3;1H. The number of rotatable bonds is 18. The monoisotopic (exact) mass is 467 g/mol. The minimum atomic E-state index is -0.0909. The Balaban J connectivity index is 0.00000784. The number of benzene rings is 1. The summed E-state index contributed by atoms with van der Waals surface area (Å²) >= 11 is 0. The molecule has 0 aliphatic carbocycles. The number of unbranched alkanes of at least 4 members (excludes halogenated alkanes) is 13. The van der Waals surface area contributed by atoms with E-state index in [1.165, 1.54) is 102 Å². The highest BCUT2D eigenvalue weighted by molar-refractivity contribution is 8.93. The van der Waals surface area contributed by atoms with Crippen LogP contribution < -0.4 is 5.73 Å². The molecule has 2 N–H and O–H groups in total. The van der Waals surface area contributed by atoms with Crippen molar-refractivity contribution >= 4 is 17.0 Å². The highest BCUT2D eigenvalue weighted by Gasteiger charge is 2.24. The van der Waals surface area contributed by atoms with E-state index in [0.29, 0.717) is 5.92 Å². The second-order valence-electron chi connectivity index (χ2n) is 9.59. The van der Waals surface area contributed by atoms with Crippen LogP contribution in [0, 0.1) is 5.92 Å². The van der Waals surface area contributed by atoms with Gasteiger partial charge in [0.1, 0.15) is 0 Å². The lowest BCUT2D eigenvalue weighted by Gasteiger charge is -2.31. The molecule has 0 aromatic heterocycles. The van der Waals surface area contributed by atoms with E-state index in [4.69, 9.17) is 5.73 Å². The number of hydrogen-bond donors (Lipinski definition) is 1. The van der Waals surface area contributed by atoms with Crippen LogP contribution in [0.1, 0.15) is 123 Å².